The summed E-state index contributed by atoms with van der Waals surface area (Å²) in [6.45, 7) is 5.64. The molecule has 25 heavy (non-hydrogen) atoms. The van der Waals surface area contributed by atoms with E-state index < -0.39 is 23.4 Å². The highest BCUT2D eigenvalue weighted by Crippen LogP contribution is 2.38. The van der Waals surface area contributed by atoms with E-state index in [-0.39, 0.29) is 11.3 Å². The van der Waals surface area contributed by atoms with Gasteiger partial charge in [-0.2, -0.15) is 13.2 Å². The lowest BCUT2D eigenvalue weighted by Crippen LogP contribution is -2.52. The first-order valence-electron chi connectivity index (χ1n) is 8.34. The van der Waals surface area contributed by atoms with Crippen LogP contribution in [-0.2, 0) is 6.18 Å². The van der Waals surface area contributed by atoms with Crippen molar-refractivity contribution in [2.24, 2.45) is 0 Å². The highest BCUT2D eigenvalue weighted by Gasteiger charge is 2.36. The predicted octanol–water partition coefficient (Wildman–Crippen LogP) is 5.89. The zero-order chi connectivity index (χ0) is 18.8. The number of benzene rings is 1. The van der Waals surface area contributed by atoms with E-state index in [1.54, 1.807) is 6.07 Å². The van der Waals surface area contributed by atoms with E-state index in [4.69, 9.17) is 0 Å². The molecule has 0 saturated heterocycles. The summed E-state index contributed by atoms with van der Waals surface area (Å²) in [5.41, 5.74) is -1.09. The summed E-state index contributed by atoms with van der Waals surface area (Å²) in [4.78, 5) is 13.7. The van der Waals surface area contributed by atoms with Crippen LogP contribution in [0.5, 0.6) is 0 Å². The van der Waals surface area contributed by atoms with E-state index in [1.165, 1.54) is 28.8 Å². The van der Waals surface area contributed by atoms with Gasteiger partial charge in [0.2, 0.25) is 0 Å². The molecule has 0 radical (unpaired) electrons. The molecular formula is C18H24F3NO2S. The topological polar surface area (TPSA) is 40.5 Å². The minimum absolute atomic E-state index is 0.0316. The first-order valence-corrected chi connectivity index (χ1v) is 9.22. The fraction of sp³-hybridized carbons (Fsp3) is 0.611. The number of rotatable bonds is 3. The summed E-state index contributed by atoms with van der Waals surface area (Å²) < 4.78 is 38.4. The van der Waals surface area contributed by atoms with Crippen molar-refractivity contribution in [3.8, 4) is 0 Å². The van der Waals surface area contributed by atoms with E-state index in [0.29, 0.717) is 4.90 Å². The quantitative estimate of drug-likeness (QED) is 0.716. The van der Waals surface area contributed by atoms with E-state index in [1.807, 2.05) is 20.8 Å². The molecule has 0 aliphatic heterocycles. The van der Waals surface area contributed by atoms with Crippen LogP contribution in [0, 0.1) is 0 Å². The third-order valence-corrected chi connectivity index (χ3v) is 5.73. The zero-order valence-electron chi connectivity index (χ0n) is 14.6. The number of hydrogen-bond donors (Lipinski definition) is 1. The van der Waals surface area contributed by atoms with Crippen molar-refractivity contribution in [3.05, 3.63) is 29.8 Å². The lowest BCUT2D eigenvalue weighted by Gasteiger charge is -2.42. The molecule has 1 aliphatic rings. The lowest BCUT2D eigenvalue weighted by molar-refractivity contribution is -0.137. The Morgan fingerprint density at radius 1 is 1.16 bits per heavy atom. The van der Waals surface area contributed by atoms with Crippen molar-refractivity contribution in [1.82, 2.24) is 4.90 Å². The van der Waals surface area contributed by atoms with Gasteiger partial charge in [0, 0.05) is 21.7 Å². The molecule has 7 heteroatoms. The molecule has 1 N–H and O–H groups in total. The Bertz CT molecular complexity index is 605. The van der Waals surface area contributed by atoms with Crippen molar-refractivity contribution >= 4 is 17.9 Å². The lowest BCUT2D eigenvalue weighted by atomic mass is 9.91. The Balaban J connectivity index is 1.98. The van der Waals surface area contributed by atoms with Crippen LogP contribution in [0.2, 0.25) is 0 Å². The standard InChI is InChI=1S/C18H24F3NO2S/c1-17(2,3)22(16(23)24)13-7-9-14(10-8-13)25-15-6-4-5-12(11-15)18(19,20)21/h4-6,11,13-14H,7-10H2,1-3H3,(H,23,24)/t13-,14-. The molecule has 1 fully saturated rings. The van der Waals surface area contributed by atoms with Gasteiger partial charge in [0.25, 0.3) is 0 Å². The normalized spacial score (nSPS) is 21.8. The first-order chi connectivity index (χ1) is 11.5. The molecule has 0 heterocycles. The molecule has 0 bridgehead atoms. The smallest absolute Gasteiger partial charge is 0.416 e. The Morgan fingerprint density at radius 2 is 1.76 bits per heavy atom. The number of carboxylic acid groups (broad SMARTS) is 1. The number of hydrogen-bond acceptors (Lipinski definition) is 2. The largest absolute Gasteiger partial charge is 0.465 e. The number of halogens is 3. The summed E-state index contributed by atoms with van der Waals surface area (Å²) >= 11 is 1.46. The van der Waals surface area contributed by atoms with Crippen molar-refractivity contribution in [1.29, 1.82) is 0 Å². The van der Waals surface area contributed by atoms with Crippen LogP contribution >= 0.6 is 11.8 Å². The SMILES string of the molecule is CC(C)(C)N(C(=O)O)[C@H]1CC[C@H](Sc2cccc(C(F)(F)F)c2)CC1. The number of carbonyl (C=O) groups is 1. The van der Waals surface area contributed by atoms with E-state index >= 15 is 0 Å². The van der Waals surface area contributed by atoms with Crippen molar-refractivity contribution in [2.75, 3.05) is 0 Å². The third kappa shape index (κ3) is 5.30. The molecule has 0 spiro atoms. The van der Waals surface area contributed by atoms with Crippen LogP contribution in [0.4, 0.5) is 18.0 Å². The van der Waals surface area contributed by atoms with Gasteiger partial charge < -0.3 is 10.0 Å². The van der Waals surface area contributed by atoms with Gasteiger partial charge in [0.1, 0.15) is 0 Å². The second-order valence-electron chi connectivity index (χ2n) is 7.40. The Morgan fingerprint density at radius 3 is 2.24 bits per heavy atom. The van der Waals surface area contributed by atoms with Gasteiger partial charge in [-0.1, -0.05) is 6.07 Å². The summed E-state index contributed by atoms with van der Waals surface area (Å²) in [7, 11) is 0. The van der Waals surface area contributed by atoms with Crippen LogP contribution in [0.3, 0.4) is 0 Å². The fourth-order valence-corrected chi connectivity index (χ4v) is 4.60. The maximum Gasteiger partial charge on any atom is 0.416 e. The summed E-state index contributed by atoms with van der Waals surface area (Å²) in [5, 5.41) is 9.70. The van der Waals surface area contributed by atoms with Crippen LogP contribution in [0.25, 0.3) is 0 Å². The molecule has 1 aliphatic carbocycles. The highest BCUT2D eigenvalue weighted by atomic mass is 32.2. The van der Waals surface area contributed by atoms with E-state index in [0.717, 1.165) is 31.7 Å². The van der Waals surface area contributed by atoms with Gasteiger partial charge in [-0.3, -0.25) is 0 Å². The average Bonchev–Trinajstić information content (AvgIpc) is 2.47. The van der Waals surface area contributed by atoms with Gasteiger partial charge >= 0.3 is 12.3 Å². The van der Waals surface area contributed by atoms with E-state index in [9.17, 15) is 23.1 Å². The van der Waals surface area contributed by atoms with Crippen LogP contribution < -0.4 is 0 Å². The number of nitrogens with zero attached hydrogens (tertiary/aromatic N) is 1. The Kier molecular flexibility index (Phi) is 5.97. The molecule has 1 saturated carbocycles. The molecule has 0 atom stereocenters. The number of amides is 1. The molecule has 1 amide bonds. The summed E-state index contributed by atoms with van der Waals surface area (Å²) in [6, 6.07) is 5.37. The maximum absolute atomic E-state index is 12.8. The maximum atomic E-state index is 12.8. The number of thioether (sulfide) groups is 1. The van der Waals surface area contributed by atoms with Crippen molar-refractivity contribution < 1.29 is 23.1 Å². The molecule has 1 aromatic carbocycles. The Hall–Kier alpha value is -1.37. The average molecular weight is 375 g/mol. The zero-order valence-corrected chi connectivity index (χ0v) is 15.5. The Labute approximate surface area is 150 Å². The highest BCUT2D eigenvalue weighted by molar-refractivity contribution is 8.00. The molecule has 1 aromatic rings. The van der Waals surface area contributed by atoms with Gasteiger partial charge in [0.15, 0.2) is 0 Å². The summed E-state index contributed by atoms with van der Waals surface area (Å²) in [5.74, 6) is 0. The van der Waals surface area contributed by atoms with Gasteiger partial charge in [-0.25, -0.2) is 4.79 Å². The molecule has 2 rings (SSSR count). The molecule has 0 aromatic heterocycles. The predicted molar refractivity (Wildman–Crippen MR) is 93.0 cm³/mol. The first kappa shape index (κ1) is 19.9. The molecule has 0 unspecified atom stereocenters. The monoisotopic (exact) mass is 375 g/mol. The van der Waals surface area contributed by atoms with Crippen LogP contribution in [0.15, 0.2) is 29.2 Å². The van der Waals surface area contributed by atoms with Gasteiger partial charge in [-0.15, -0.1) is 11.8 Å². The van der Waals surface area contributed by atoms with Crippen molar-refractivity contribution in [3.63, 3.8) is 0 Å². The van der Waals surface area contributed by atoms with Gasteiger partial charge in [0.05, 0.1) is 5.56 Å². The second kappa shape index (κ2) is 7.48. The minimum Gasteiger partial charge on any atom is -0.465 e. The van der Waals surface area contributed by atoms with Crippen molar-refractivity contribution in [2.45, 2.75) is 74.4 Å². The van der Waals surface area contributed by atoms with Gasteiger partial charge in [-0.05, 0) is 64.7 Å². The summed E-state index contributed by atoms with van der Waals surface area (Å²) in [6.07, 6.45) is -2.18. The molecule has 140 valence electrons. The molecular weight excluding hydrogens is 351 g/mol. The van der Waals surface area contributed by atoms with Crippen LogP contribution in [-0.4, -0.2) is 32.9 Å². The number of alkyl halides is 3. The fourth-order valence-electron chi connectivity index (χ4n) is 3.35. The third-order valence-electron chi connectivity index (χ3n) is 4.40. The van der Waals surface area contributed by atoms with E-state index in [2.05, 4.69) is 0 Å². The second-order valence-corrected chi connectivity index (χ2v) is 8.77. The van der Waals surface area contributed by atoms with Crippen LogP contribution in [0.1, 0.15) is 52.0 Å². The molecule has 3 nitrogen and oxygen atoms in total. The minimum atomic E-state index is -4.33.